The maximum absolute atomic E-state index is 11.2. The van der Waals surface area contributed by atoms with Crippen LogP contribution < -0.4 is 14.9 Å². The van der Waals surface area contributed by atoms with Crippen LogP contribution in [0.15, 0.2) is 42.6 Å². The summed E-state index contributed by atoms with van der Waals surface area (Å²) in [6, 6.07) is 11.8. The highest BCUT2D eigenvalue weighted by Crippen LogP contribution is 2.23. The molecule has 3 rings (SSSR count). The minimum Gasteiger partial charge on any atom is -0.372 e. The summed E-state index contributed by atoms with van der Waals surface area (Å²) in [4.78, 5) is 6.51. The zero-order valence-corrected chi connectivity index (χ0v) is 14.5. The molecule has 0 spiro atoms. The van der Waals surface area contributed by atoms with Gasteiger partial charge in [0.15, 0.2) is 0 Å². The van der Waals surface area contributed by atoms with Crippen LogP contribution in [0.1, 0.15) is 19.3 Å². The molecule has 24 heavy (non-hydrogen) atoms. The van der Waals surface area contributed by atoms with Gasteiger partial charge in [0, 0.05) is 24.5 Å². The quantitative estimate of drug-likeness (QED) is 0.870. The summed E-state index contributed by atoms with van der Waals surface area (Å²) < 4.78 is 24.7. The lowest BCUT2D eigenvalue weighted by molar-refractivity contribution is 0.578. The third kappa shape index (κ3) is 4.61. The normalized spacial score (nSPS) is 15.1. The van der Waals surface area contributed by atoms with Gasteiger partial charge in [0.2, 0.25) is 10.0 Å². The van der Waals surface area contributed by atoms with Crippen LogP contribution in [0.5, 0.6) is 0 Å². The van der Waals surface area contributed by atoms with E-state index >= 15 is 0 Å². The van der Waals surface area contributed by atoms with Gasteiger partial charge in [0.05, 0.1) is 18.1 Å². The summed E-state index contributed by atoms with van der Waals surface area (Å²) in [5.41, 5.74) is 3.03. The van der Waals surface area contributed by atoms with Crippen molar-refractivity contribution >= 4 is 32.9 Å². The van der Waals surface area contributed by atoms with E-state index in [0.29, 0.717) is 5.82 Å². The molecular formula is C17H22N4O2S. The molecule has 0 bridgehead atoms. The topological polar surface area (TPSA) is 74.3 Å². The number of anilines is 4. The summed E-state index contributed by atoms with van der Waals surface area (Å²) in [6.07, 6.45) is 6.56. The number of pyridine rings is 1. The average Bonchev–Trinajstić information content (AvgIpc) is 2.57. The monoisotopic (exact) mass is 346 g/mol. The Labute approximate surface area is 143 Å². The van der Waals surface area contributed by atoms with Gasteiger partial charge in [0.25, 0.3) is 0 Å². The molecule has 0 amide bonds. The summed E-state index contributed by atoms with van der Waals surface area (Å²) in [6.45, 7) is 2.26. The van der Waals surface area contributed by atoms with Gasteiger partial charge >= 0.3 is 0 Å². The summed E-state index contributed by atoms with van der Waals surface area (Å²) >= 11 is 0. The zero-order chi connectivity index (χ0) is 17.0. The first-order valence-corrected chi connectivity index (χ1v) is 9.95. The highest BCUT2D eigenvalue weighted by atomic mass is 32.2. The molecule has 128 valence electrons. The first kappa shape index (κ1) is 16.6. The number of hydrogen-bond acceptors (Lipinski definition) is 5. The van der Waals surface area contributed by atoms with Gasteiger partial charge in [0.1, 0.15) is 5.82 Å². The number of hydrogen-bond donors (Lipinski definition) is 2. The molecule has 1 fully saturated rings. The second kappa shape index (κ2) is 7.09. The third-order valence-electron chi connectivity index (χ3n) is 3.93. The lowest BCUT2D eigenvalue weighted by Crippen LogP contribution is -2.29. The smallest absolute Gasteiger partial charge is 0.230 e. The molecule has 0 unspecified atom stereocenters. The number of sulfonamides is 1. The fourth-order valence-corrected chi connectivity index (χ4v) is 3.29. The molecule has 7 heteroatoms. The third-order valence-corrected chi connectivity index (χ3v) is 4.51. The lowest BCUT2D eigenvalue weighted by Gasteiger charge is -2.28. The highest BCUT2D eigenvalue weighted by Gasteiger charge is 2.10. The number of nitrogens with one attached hydrogen (secondary N) is 2. The molecule has 2 N–H and O–H groups in total. The van der Waals surface area contributed by atoms with Crippen molar-refractivity contribution < 1.29 is 8.42 Å². The van der Waals surface area contributed by atoms with Crippen LogP contribution in [0.2, 0.25) is 0 Å². The number of piperidine rings is 1. The maximum Gasteiger partial charge on any atom is 0.230 e. The molecular weight excluding hydrogens is 324 g/mol. The van der Waals surface area contributed by atoms with Gasteiger partial charge in [-0.1, -0.05) is 0 Å². The molecule has 1 aliphatic heterocycles. The Kier molecular flexibility index (Phi) is 4.89. The number of benzene rings is 1. The van der Waals surface area contributed by atoms with Crippen LogP contribution in [0.25, 0.3) is 0 Å². The van der Waals surface area contributed by atoms with E-state index < -0.39 is 10.0 Å². The van der Waals surface area contributed by atoms with Gasteiger partial charge < -0.3 is 10.2 Å². The van der Waals surface area contributed by atoms with Crippen molar-refractivity contribution in [2.45, 2.75) is 19.3 Å². The predicted octanol–water partition coefficient (Wildman–Crippen LogP) is 3.19. The molecule has 0 saturated carbocycles. The molecule has 1 aromatic carbocycles. The van der Waals surface area contributed by atoms with Crippen molar-refractivity contribution in [1.82, 2.24) is 4.98 Å². The van der Waals surface area contributed by atoms with E-state index in [-0.39, 0.29) is 0 Å². The van der Waals surface area contributed by atoms with Gasteiger partial charge in [-0.3, -0.25) is 4.72 Å². The molecule has 1 saturated heterocycles. The summed E-state index contributed by atoms with van der Waals surface area (Å²) in [5.74, 6) is 0.309. The fourth-order valence-electron chi connectivity index (χ4n) is 2.79. The molecule has 1 aromatic heterocycles. The second-order valence-electron chi connectivity index (χ2n) is 6.03. The van der Waals surface area contributed by atoms with Crippen LogP contribution >= 0.6 is 0 Å². The van der Waals surface area contributed by atoms with Crippen molar-refractivity contribution in [3.63, 3.8) is 0 Å². The Morgan fingerprint density at radius 2 is 1.62 bits per heavy atom. The molecule has 2 heterocycles. The molecule has 0 aliphatic carbocycles. The number of nitrogens with zero attached hydrogens (tertiary/aromatic N) is 2. The summed E-state index contributed by atoms with van der Waals surface area (Å²) in [5, 5.41) is 3.27. The maximum atomic E-state index is 11.2. The largest absolute Gasteiger partial charge is 0.372 e. The molecule has 1 aliphatic rings. The predicted molar refractivity (Wildman–Crippen MR) is 98.5 cm³/mol. The standard InChI is InChI=1S/C17H22N4O2S/c1-24(22,23)20-17-10-7-15(13-18-17)19-14-5-8-16(9-6-14)21-11-3-2-4-12-21/h5-10,13,19H,2-4,11-12H2,1H3,(H,18,20). The van der Waals surface area contributed by atoms with Crippen LogP contribution in [0.4, 0.5) is 22.9 Å². The number of aromatic nitrogens is 1. The Bertz CT molecular complexity index is 767. The molecule has 0 radical (unpaired) electrons. The van der Waals surface area contributed by atoms with Crippen molar-refractivity contribution in [2.75, 3.05) is 34.3 Å². The zero-order valence-electron chi connectivity index (χ0n) is 13.7. The van der Waals surface area contributed by atoms with Crippen molar-refractivity contribution in [2.24, 2.45) is 0 Å². The van der Waals surface area contributed by atoms with Crippen molar-refractivity contribution in [1.29, 1.82) is 0 Å². The van der Waals surface area contributed by atoms with Gasteiger partial charge in [-0.05, 0) is 55.7 Å². The Hall–Kier alpha value is -2.28. The van der Waals surface area contributed by atoms with E-state index in [1.807, 2.05) is 12.1 Å². The number of rotatable bonds is 5. The summed E-state index contributed by atoms with van der Waals surface area (Å²) in [7, 11) is -3.30. The van der Waals surface area contributed by atoms with E-state index in [1.54, 1.807) is 18.3 Å². The Morgan fingerprint density at radius 3 is 2.21 bits per heavy atom. The highest BCUT2D eigenvalue weighted by molar-refractivity contribution is 7.92. The molecule has 0 atom stereocenters. The van der Waals surface area contributed by atoms with E-state index in [0.717, 1.165) is 30.7 Å². The van der Waals surface area contributed by atoms with Crippen LogP contribution in [-0.4, -0.2) is 32.7 Å². The minimum absolute atomic E-state index is 0.309. The molecule has 6 nitrogen and oxygen atoms in total. The Balaban J connectivity index is 1.63. The van der Waals surface area contributed by atoms with Crippen molar-refractivity contribution in [3.8, 4) is 0 Å². The van der Waals surface area contributed by atoms with Gasteiger partial charge in [-0.15, -0.1) is 0 Å². The van der Waals surface area contributed by atoms with Gasteiger partial charge in [-0.25, -0.2) is 13.4 Å². The van der Waals surface area contributed by atoms with E-state index in [4.69, 9.17) is 0 Å². The van der Waals surface area contributed by atoms with Gasteiger partial charge in [-0.2, -0.15) is 0 Å². The fraction of sp³-hybridized carbons (Fsp3) is 0.353. The minimum atomic E-state index is -3.30. The van der Waals surface area contributed by atoms with Crippen LogP contribution in [0, 0.1) is 0 Å². The average molecular weight is 346 g/mol. The molecule has 2 aromatic rings. The van der Waals surface area contributed by atoms with E-state index in [2.05, 4.69) is 32.1 Å². The second-order valence-corrected chi connectivity index (χ2v) is 7.77. The Morgan fingerprint density at radius 1 is 0.958 bits per heavy atom. The van der Waals surface area contributed by atoms with E-state index in [9.17, 15) is 8.42 Å². The van der Waals surface area contributed by atoms with Crippen molar-refractivity contribution in [3.05, 3.63) is 42.6 Å². The first-order valence-electron chi connectivity index (χ1n) is 8.05. The van der Waals surface area contributed by atoms with Crippen LogP contribution in [0.3, 0.4) is 0 Å². The first-order chi connectivity index (χ1) is 11.5. The SMILES string of the molecule is CS(=O)(=O)Nc1ccc(Nc2ccc(N3CCCCC3)cc2)cn1. The lowest BCUT2D eigenvalue weighted by atomic mass is 10.1. The van der Waals surface area contributed by atoms with Crippen LogP contribution in [-0.2, 0) is 10.0 Å². The van der Waals surface area contributed by atoms with E-state index in [1.165, 1.54) is 24.9 Å².